The van der Waals surface area contributed by atoms with Crippen molar-refractivity contribution in [3.05, 3.63) is 24.0 Å². The molecule has 5 heteroatoms. The third-order valence-corrected chi connectivity index (χ3v) is 1.97. The van der Waals surface area contributed by atoms with Gasteiger partial charge in [-0.25, -0.2) is 8.78 Å². The van der Waals surface area contributed by atoms with Gasteiger partial charge < -0.3 is 9.67 Å². The van der Waals surface area contributed by atoms with E-state index in [1.165, 1.54) is 10.8 Å². The number of alkyl halides is 2. The molecule has 0 spiro atoms. The minimum absolute atomic E-state index is 0.0424. The van der Waals surface area contributed by atoms with Crippen LogP contribution in [-0.4, -0.2) is 21.6 Å². The van der Waals surface area contributed by atoms with Crippen molar-refractivity contribution in [1.29, 1.82) is 0 Å². The molecule has 0 aromatic carbocycles. The molecule has 1 aromatic heterocycles. The number of aliphatic carboxylic acids is 1. The average Bonchev–Trinajstić information content (AvgIpc) is 2.45. The van der Waals surface area contributed by atoms with Crippen molar-refractivity contribution in [3.8, 4) is 0 Å². The lowest BCUT2D eigenvalue weighted by Crippen LogP contribution is -2.20. The predicted octanol–water partition coefficient (Wildman–Crippen LogP) is 2.16. The van der Waals surface area contributed by atoms with Gasteiger partial charge in [-0.2, -0.15) is 0 Å². The molecule has 1 heterocycles. The van der Waals surface area contributed by atoms with Crippen LogP contribution in [0, 0.1) is 0 Å². The van der Waals surface area contributed by atoms with E-state index in [0.29, 0.717) is 5.69 Å². The summed E-state index contributed by atoms with van der Waals surface area (Å²) in [5.74, 6) is -3.71. The highest BCUT2D eigenvalue weighted by atomic mass is 19.3. The molecule has 0 fully saturated rings. The fourth-order valence-corrected chi connectivity index (χ4v) is 1.36. The first kappa shape index (κ1) is 11.7. The number of carboxylic acids is 1. The van der Waals surface area contributed by atoms with Gasteiger partial charge in [0.25, 0.3) is 5.92 Å². The van der Waals surface area contributed by atoms with Crippen LogP contribution in [-0.2, 0) is 17.8 Å². The van der Waals surface area contributed by atoms with Crippen molar-refractivity contribution < 1.29 is 18.7 Å². The molecule has 0 saturated heterocycles. The van der Waals surface area contributed by atoms with Gasteiger partial charge in [0, 0.05) is 18.8 Å². The SMILES string of the molecule is CC(F)(F)Cn1cccc1CCC(=O)O. The van der Waals surface area contributed by atoms with Gasteiger partial charge in [0.05, 0.1) is 13.0 Å². The predicted molar refractivity (Wildman–Crippen MR) is 51.0 cm³/mol. The van der Waals surface area contributed by atoms with Crippen molar-refractivity contribution in [2.24, 2.45) is 0 Å². The quantitative estimate of drug-likeness (QED) is 0.821. The molecule has 15 heavy (non-hydrogen) atoms. The lowest BCUT2D eigenvalue weighted by molar-refractivity contribution is -0.136. The van der Waals surface area contributed by atoms with E-state index >= 15 is 0 Å². The van der Waals surface area contributed by atoms with E-state index in [1.54, 1.807) is 12.1 Å². The molecule has 0 amide bonds. The number of nitrogens with zero attached hydrogens (tertiary/aromatic N) is 1. The first-order valence-corrected chi connectivity index (χ1v) is 4.62. The maximum Gasteiger partial charge on any atom is 0.303 e. The molecule has 0 aliphatic carbocycles. The standard InChI is InChI=1S/C10H13F2NO2/c1-10(11,12)7-13-6-2-3-8(13)4-5-9(14)15/h2-3,6H,4-5,7H2,1H3,(H,14,15). The minimum Gasteiger partial charge on any atom is -0.481 e. The molecule has 1 rings (SSSR count). The number of halogens is 2. The van der Waals surface area contributed by atoms with E-state index in [-0.39, 0.29) is 12.8 Å². The van der Waals surface area contributed by atoms with E-state index in [1.807, 2.05) is 0 Å². The zero-order valence-electron chi connectivity index (χ0n) is 8.41. The van der Waals surface area contributed by atoms with Crippen LogP contribution in [0.2, 0.25) is 0 Å². The first-order chi connectivity index (χ1) is 6.88. The van der Waals surface area contributed by atoms with Crippen LogP contribution in [0.3, 0.4) is 0 Å². The van der Waals surface area contributed by atoms with Gasteiger partial charge in [0.1, 0.15) is 0 Å². The second kappa shape index (κ2) is 4.42. The van der Waals surface area contributed by atoms with Gasteiger partial charge in [-0.3, -0.25) is 4.79 Å². The van der Waals surface area contributed by atoms with E-state index < -0.39 is 18.4 Å². The summed E-state index contributed by atoms with van der Waals surface area (Å²) in [4.78, 5) is 10.3. The van der Waals surface area contributed by atoms with Crippen LogP contribution in [0.4, 0.5) is 8.78 Å². The van der Waals surface area contributed by atoms with Crippen molar-refractivity contribution >= 4 is 5.97 Å². The van der Waals surface area contributed by atoms with Crippen LogP contribution in [0.1, 0.15) is 19.0 Å². The molecule has 0 atom stereocenters. The minimum atomic E-state index is -2.78. The third kappa shape index (κ3) is 4.10. The average molecular weight is 217 g/mol. The highest BCUT2D eigenvalue weighted by Crippen LogP contribution is 2.17. The molecule has 84 valence electrons. The van der Waals surface area contributed by atoms with Gasteiger partial charge in [0.2, 0.25) is 0 Å². The fourth-order valence-electron chi connectivity index (χ4n) is 1.36. The normalized spacial score (nSPS) is 11.7. The molecule has 0 bridgehead atoms. The number of rotatable bonds is 5. The molecule has 1 aromatic rings. The van der Waals surface area contributed by atoms with Crippen LogP contribution < -0.4 is 0 Å². The van der Waals surface area contributed by atoms with Gasteiger partial charge in [-0.05, 0) is 18.6 Å². The highest BCUT2D eigenvalue weighted by Gasteiger charge is 2.22. The number of aryl methyl sites for hydroxylation is 1. The monoisotopic (exact) mass is 217 g/mol. The molecular formula is C10H13F2NO2. The Balaban J connectivity index is 2.65. The van der Waals surface area contributed by atoms with Gasteiger partial charge >= 0.3 is 5.97 Å². The van der Waals surface area contributed by atoms with Crippen LogP contribution in [0.25, 0.3) is 0 Å². The van der Waals surface area contributed by atoms with E-state index in [2.05, 4.69) is 0 Å². The van der Waals surface area contributed by atoms with Crippen LogP contribution in [0.15, 0.2) is 18.3 Å². The lowest BCUT2D eigenvalue weighted by Gasteiger charge is -2.14. The Morgan fingerprint density at radius 1 is 1.60 bits per heavy atom. The molecule has 1 N–H and O–H groups in total. The second-order valence-electron chi connectivity index (χ2n) is 3.59. The molecule has 0 saturated carbocycles. The van der Waals surface area contributed by atoms with E-state index in [4.69, 9.17) is 5.11 Å². The summed E-state index contributed by atoms with van der Waals surface area (Å²) in [6.07, 6.45) is 1.77. The summed E-state index contributed by atoms with van der Waals surface area (Å²) in [5.41, 5.74) is 0.624. The van der Waals surface area contributed by atoms with Crippen LogP contribution >= 0.6 is 0 Å². The first-order valence-electron chi connectivity index (χ1n) is 4.62. The van der Waals surface area contributed by atoms with Gasteiger partial charge in [-0.15, -0.1) is 0 Å². The molecule has 3 nitrogen and oxygen atoms in total. The maximum absolute atomic E-state index is 12.7. The highest BCUT2D eigenvalue weighted by molar-refractivity contribution is 5.66. The summed E-state index contributed by atoms with van der Waals surface area (Å²) in [5, 5.41) is 8.48. The largest absolute Gasteiger partial charge is 0.481 e. The topological polar surface area (TPSA) is 42.2 Å². The fraction of sp³-hybridized carbons (Fsp3) is 0.500. The maximum atomic E-state index is 12.7. The number of carboxylic acid groups (broad SMARTS) is 1. The number of aromatic nitrogens is 1. The van der Waals surface area contributed by atoms with Gasteiger partial charge in [-0.1, -0.05) is 0 Å². The summed E-state index contributed by atoms with van der Waals surface area (Å²) < 4.78 is 26.8. The molecule has 0 radical (unpaired) electrons. The Labute approximate surface area is 86.3 Å². The number of hydrogen-bond donors (Lipinski definition) is 1. The number of carbonyl (C=O) groups is 1. The third-order valence-electron chi connectivity index (χ3n) is 1.97. The van der Waals surface area contributed by atoms with Crippen molar-refractivity contribution in [2.75, 3.05) is 0 Å². The van der Waals surface area contributed by atoms with E-state index in [9.17, 15) is 13.6 Å². The van der Waals surface area contributed by atoms with E-state index in [0.717, 1.165) is 6.92 Å². The summed E-state index contributed by atoms with van der Waals surface area (Å²) in [6, 6.07) is 3.30. The molecule has 0 aliphatic rings. The Hall–Kier alpha value is -1.39. The van der Waals surface area contributed by atoms with Crippen molar-refractivity contribution in [2.45, 2.75) is 32.2 Å². The zero-order valence-corrected chi connectivity index (χ0v) is 8.41. The molecule has 0 aliphatic heterocycles. The second-order valence-corrected chi connectivity index (χ2v) is 3.59. The smallest absolute Gasteiger partial charge is 0.303 e. The molecular weight excluding hydrogens is 204 g/mol. The van der Waals surface area contributed by atoms with Crippen molar-refractivity contribution in [1.82, 2.24) is 4.57 Å². The Bertz CT molecular complexity index is 341. The van der Waals surface area contributed by atoms with Gasteiger partial charge in [0.15, 0.2) is 0 Å². The number of hydrogen-bond acceptors (Lipinski definition) is 1. The summed E-state index contributed by atoms with van der Waals surface area (Å²) in [7, 11) is 0. The summed E-state index contributed by atoms with van der Waals surface area (Å²) in [6.45, 7) is 0.433. The molecule has 0 unspecified atom stereocenters. The Morgan fingerprint density at radius 2 is 2.27 bits per heavy atom. The Morgan fingerprint density at radius 3 is 2.80 bits per heavy atom. The van der Waals surface area contributed by atoms with Crippen LogP contribution in [0.5, 0.6) is 0 Å². The van der Waals surface area contributed by atoms with Crippen molar-refractivity contribution in [3.63, 3.8) is 0 Å². The zero-order chi connectivity index (χ0) is 11.5. The lowest BCUT2D eigenvalue weighted by atomic mass is 10.2. The Kier molecular flexibility index (Phi) is 3.44. The summed E-state index contributed by atoms with van der Waals surface area (Å²) >= 11 is 0.